The van der Waals surface area contributed by atoms with E-state index in [9.17, 15) is 0 Å². The van der Waals surface area contributed by atoms with E-state index in [1.54, 1.807) is 11.3 Å². The highest BCUT2D eigenvalue weighted by molar-refractivity contribution is 7.13. The summed E-state index contributed by atoms with van der Waals surface area (Å²) in [4.78, 5) is 4.58. The molecule has 1 atom stereocenters. The molecule has 5 heteroatoms. The molecule has 0 aliphatic rings. The monoisotopic (exact) mass is 325 g/mol. The maximum absolute atomic E-state index is 5.78. The van der Waals surface area contributed by atoms with Crippen molar-refractivity contribution in [3.8, 4) is 11.5 Å². The van der Waals surface area contributed by atoms with E-state index >= 15 is 0 Å². The third-order valence-electron chi connectivity index (χ3n) is 3.48. The number of benzene rings is 2. The fourth-order valence-corrected chi connectivity index (χ4v) is 2.87. The fraction of sp³-hybridized carbons (Fsp3) is 0.167. The fourth-order valence-electron chi connectivity index (χ4n) is 2.04. The van der Waals surface area contributed by atoms with Crippen molar-refractivity contribution in [1.82, 2.24) is 10.3 Å². The Balaban J connectivity index is 1.64. The second kappa shape index (κ2) is 7.26. The smallest absolute Gasteiger partial charge is 0.187 e. The quantitative estimate of drug-likeness (QED) is 0.672. The summed E-state index contributed by atoms with van der Waals surface area (Å²) in [6.07, 6.45) is 0. The summed E-state index contributed by atoms with van der Waals surface area (Å²) in [6, 6.07) is 17.9. The van der Waals surface area contributed by atoms with Gasteiger partial charge in [0.25, 0.3) is 0 Å². The highest BCUT2D eigenvalue weighted by atomic mass is 32.1. The zero-order valence-corrected chi connectivity index (χ0v) is 13.9. The summed E-state index contributed by atoms with van der Waals surface area (Å²) in [5.74, 6) is 1.64. The molecule has 0 amide bonds. The highest BCUT2D eigenvalue weighted by Gasteiger charge is 2.08. The lowest BCUT2D eigenvalue weighted by Gasteiger charge is -2.07. The average molecular weight is 325 g/mol. The number of hydrogen-bond acceptors (Lipinski definition) is 5. The molecule has 3 rings (SSSR count). The summed E-state index contributed by atoms with van der Waals surface area (Å²) in [6.45, 7) is 2.09. The van der Waals surface area contributed by atoms with Gasteiger partial charge >= 0.3 is 0 Å². The number of thiazole rings is 1. The van der Waals surface area contributed by atoms with Gasteiger partial charge in [0, 0.05) is 17.1 Å². The summed E-state index contributed by atoms with van der Waals surface area (Å²) in [5.41, 5.74) is 2.03. The normalized spacial score (nSPS) is 11.9. The second-order valence-electron chi connectivity index (χ2n) is 5.15. The van der Waals surface area contributed by atoms with E-state index in [0.717, 1.165) is 28.0 Å². The minimum absolute atomic E-state index is 0.253. The molecule has 0 saturated carbocycles. The van der Waals surface area contributed by atoms with Crippen molar-refractivity contribution in [2.24, 2.45) is 0 Å². The Morgan fingerprint density at radius 2 is 1.70 bits per heavy atom. The number of nitrogens with one attached hydrogen (secondary N) is 2. The van der Waals surface area contributed by atoms with E-state index in [2.05, 4.69) is 27.9 Å². The topological polar surface area (TPSA) is 46.2 Å². The third kappa shape index (κ3) is 4.09. The third-order valence-corrected chi connectivity index (χ3v) is 4.26. The van der Waals surface area contributed by atoms with Gasteiger partial charge in [-0.05, 0) is 50.4 Å². The molecule has 118 valence electrons. The van der Waals surface area contributed by atoms with Crippen molar-refractivity contribution in [3.05, 3.63) is 65.7 Å². The van der Waals surface area contributed by atoms with Crippen molar-refractivity contribution in [3.63, 3.8) is 0 Å². The van der Waals surface area contributed by atoms with Crippen LogP contribution in [0.1, 0.15) is 18.7 Å². The Labute approximate surface area is 140 Å². The Hall–Kier alpha value is -2.37. The maximum Gasteiger partial charge on any atom is 0.187 e. The first-order valence-corrected chi connectivity index (χ1v) is 8.35. The number of anilines is 2. The van der Waals surface area contributed by atoms with E-state index in [1.807, 2.05) is 61.6 Å². The van der Waals surface area contributed by atoms with Gasteiger partial charge in [-0.2, -0.15) is 0 Å². The molecule has 0 bridgehead atoms. The predicted molar refractivity (Wildman–Crippen MR) is 95.8 cm³/mol. The molecule has 4 nitrogen and oxygen atoms in total. The average Bonchev–Trinajstić information content (AvgIpc) is 3.05. The summed E-state index contributed by atoms with van der Waals surface area (Å²) in [5, 5.41) is 9.46. The van der Waals surface area contributed by atoms with Crippen LogP contribution in [-0.4, -0.2) is 12.0 Å². The molecule has 23 heavy (non-hydrogen) atoms. The van der Waals surface area contributed by atoms with Crippen molar-refractivity contribution >= 4 is 22.2 Å². The second-order valence-corrected chi connectivity index (χ2v) is 6.01. The Kier molecular flexibility index (Phi) is 4.90. The van der Waals surface area contributed by atoms with Crippen LogP contribution < -0.4 is 15.4 Å². The minimum atomic E-state index is 0.253. The predicted octanol–water partition coefficient (Wildman–Crippen LogP) is 4.96. The van der Waals surface area contributed by atoms with Gasteiger partial charge in [0.15, 0.2) is 5.13 Å². The first-order valence-electron chi connectivity index (χ1n) is 7.47. The van der Waals surface area contributed by atoms with Crippen molar-refractivity contribution in [1.29, 1.82) is 0 Å². The van der Waals surface area contributed by atoms with Gasteiger partial charge in [-0.25, -0.2) is 4.98 Å². The molecule has 0 spiro atoms. The van der Waals surface area contributed by atoms with Gasteiger partial charge in [-0.15, -0.1) is 11.3 Å². The van der Waals surface area contributed by atoms with Crippen LogP contribution in [0.3, 0.4) is 0 Å². The lowest BCUT2D eigenvalue weighted by molar-refractivity contribution is 0.483. The van der Waals surface area contributed by atoms with Crippen LogP contribution in [0.25, 0.3) is 0 Å². The van der Waals surface area contributed by atoms with E-state index < -0.39 is 0 Å². The van der Waals surface area contributed by atoms with Crippen LogP contribution in [0.4, 0.5) is 10.8 Å². The van der Waals surface area contributed by atoms with Gasteiger partial charge in [0.1, 0.15) is 11.5 Å². The van der Waals surface area contributed by atoms with Crippen molar-refractivity contribution < 1.29 is 4.74 Å². The molecular formula is C18H19N3OS. The Morgan fingerprint density at radius 3 is 2.39 bits per heavy atom. The number of ether oxygens (including phenoxy) is 1. The van der Waals surface area contributed by atoms with Gasteiger partial charge in [-0.1, -0.05) is 18.2 Å². The van der Waals surface area contributed by atoms with E-state index in [4.69, 9.17) is 4.74 Å². The molecule has 1 unspecified atom stereocenters. The molecule has 0 aliphatic heterocycles. The van der Waals surface area contributed by atoms with E-state index in [-0.39, 0.29) is 6.04 Å². The first kappa shape index (κ1) is 15.5. The van der Waals surface area contributed by atoms with E-state index in [0.29, 0.717) is 0 Å². The number of nitrogens with zero attached hydrogens (tertiary/aromatic N) is 1. The van der Waals surface area contributed by atoms with Crippen LogP contribution in [0.5, 0.6) is 11.5 Å². The Bertz CT molecular complexity index is 740. The molecule has 0 saturated heterocycles. The van der Waals surface area contributed by atoms with Gasteiger partial charge < -0.3 is 15.4 Å². The van der Waals surface area contributed by atoms with Crippen LogP contribution in [0.2, 0.25) is 0 Å². The summed E-state index contributed by atoms with van der Waals surface area (Å²) in [7, 11) is 1.93. The molecule has 2 aromatic carbocycles. The summed E-state index contributed by atoms with van der Waals surface area (Å²) >= 11 is 1.60. The van der Waals surface area contributed by atoms with Crippen LogP contribution in [0, 0.1) is 0 Å². The minimum Gasteiger partial charge on any atom is -0.457 e. The van der Waals surface area contributed by atoms with E-state index in [1.165, 1.54) is 0 Å². The van der Waals surface area contributed by atoms with Crippen molar-refractivity contribution in [2.75, 3.05) is 12.4 Å². The molecule has 0 aliphatic carbocycles. The van der Waals surface area contributed by atoms with Gasteiger partial charge in [0.05, 0.1) is 5.69 Å². The van der Waals surface area contributed by atoms with Crippen molar-refractivity contribution in [2.45, 2.75) is 13.0 Å². The largest absolute Gasteiger partial charge is 0.457 e. The lowest BCUT2D eigenvalue weighted by Crippen LogP contribution is -2.12. The van der Waals surface area contributed by atoms with Gasteiger partial charge in [-0.3, -0.25) is 0 Å². The summed E-state index contributed by atoms with van der Waals surface area (Å²) < 4.78 is 5.78. The zero-order chi connectivity index (χ0) is 16.1. The van der Waals surface area contributed by atoms with Gasteiger partial charge in [0.2, 0.25) is 0 Å². The first-order chi connectivity index (χ1) is 11.2. The molecule has 2 N–H and O–H groups in total. The van der Waals surface area contributed by atoms with Crippen LogP contribution >= 0.6 is 11.3 Å². The molecule has 0 fully saturated rings. The number of hydrogen-bond donors (Lipinski definition) is 2. The number of rotatable bonds is 6. The molecule has 1 heterocycles. The number of para-hydroxylation sites is 1. The zero-order valence-electron chi connectivity index (χ0n) is 13.1. The SMILES string of the molecule is CNC(C)c1csc(Nc2ccc(Oc3ccccc3)cc2)n1. The molecule has 0 radical (unpaired) electrons. The number of aromatic nitrogens is 1. The Morgan fingerprint density at radius 1 is 1.00 bits per heavy atom. The van der Waals surface area contributed by atoms with Crippen LogP contribution in [-0.2, 0) is 0 Å². The lowest BCUT2D eigenvalue weighted by atomic mass is 10.3. The standard InChI is InChI=1S/C18H19N3OS/c1-13(19-2)17-12-23-18(21-17)20-14-8-10-16(11-9-14)22-15-6-4-3-5-7-15/h3-13,19H,1-2H3,(H,20,21). The highest BCUT2D eigenvalue weighted by Crippen LogP contribution is 2.26. The molecule has 1 aromatic heterocycles. The maximum atomic E-state index is 5.78. The molecular weight excluding hydrogens is 306 g/mol. The molecule has 3 aromatic rings. The van der Waals surface area contributed by atoms with Crippen LogP contribution in [0.15, 0.2) is 60.0 Å².